The standard InChI is InChI=1S/C18H28O2/c1-7-12-10-14-15(16(20-6)13(12)11-19)18(4,5)9-8-17(14,2)3/h10-11,13,16H,7-9H2,1-6H3. The molecule has 0 amide bonds. The zero-order valence-corrected chi connectivity index (χ0v) is 13.7. The minimum absolute atomic E-state index is 0.0861. The molecule has 0 spiro atoms. The van der Waals surface area contributed by atoms with Gasteiger partial charge in [-0.15, -0.1) is 0 Å². The molecule has 2 heteroatoms. The van der Waals surface area contributed by atoms with Crippen LogP contribution in [0.2, 0.25) is 0 Å². The number of hydrogen-bond acceptors (Lipinski definition) is 2. The molecule has 0 N–H and O–H groups in total. The Kier molecular flexibility index (Phi) is 3.98. The largest absolute Gasteiger partial charge is 0.376 e. The number of hydrogen-bond donors (Lipinski definition) is 0. The highest BCUT2D eigenvalue weighted by Crippen LogP contribution is 2.54. The molecule has 0 heterocycles. The minimum atomic E-state index is -0.114. The van der Waals surface area contributed by atoms with E-state index in [2.05, 4.69) is 40.7 Å². The van der Waals surface area contributed by atoms with Gasteiger partial charge in [-0.25, -0.2) is 0 Å². The van der Waals surface area contributed by atoms with Gasteiger partial charge in [0.2, 0.25) is 0 Å². The van der Waals surface area contributed by atoms with Gasteiger partial charge in [0, 0.05) is 7.11 Å². The molecule has 0 saturated heterocycles. The number of allylic oxidation sites excluding steroid dienone is 2. The van der Waals surface area contributed by atoms with Gasteiger partial charge in [-0.1, -0.05) is 46.3 Å². The Hall–Kier alpha value is -0.890. The molecule has 0 aromatic carbocycles. The van der Waals surface area contributed by atoms with E-state index >= 15 is 0 Å². The van der Waals surface area contributed by atoms with Crippen LogP contribution in [0.3, 0.4) is 0 Å². The summed E-state index contributed by atoms with van der Waals surface area (Å²) in [5.74, 6) is -0.114. The summed E-state index contributed by atoms with van der Waals surface area (Å²) in [5.41, 5.74) is 4.27. The van der Waals surface area contributed by atoms with Crippen LogP contribution in [0.25, 0.3) is 0 Å². The summed E-state index contributed by atoms with van der Waals surface area (Å²) in [4.78, 5) is 11.6. The van der Waals surface area contributed by atoms with Crippen LogP contribution in [-0.2, 0) is 9.53 Å². The average Bonchev–Trinajstić information content (AvgIpc) is 2.41. The monoisotopic (exact) mass is 276 g/mol. The molecule has 2 aliphatic rings. The van der Waals surface area contributed by atoms with Crippen LogP contribution in [0.15, 0.2) is 22.8 Å². The number of rotatable bonds is 3. The van der Waals surface area contributed by atoms with Crippen molar-refractivity contribution >= 4 is 6.29 Å². The third-order valence-corrected chi connectivity index (χ3v) is 5.30. The van der Waals surface area contributed by atoms with Crippen molar-refractivity contribution in [3.63, 3.8) is 0 Å². The maximum atomic E-state index is 11.6. The van der Waals surface area contributed by atoms with Crippen LogP contribution in [0, 0.1) is 16.7 Å². The number of carbonyl (C=O) groups is 1. The normalized spacial score (nSPS) is 31.6. The smallest absolute Gasteiger partial charge is 0.130 e. The van der Waals surface area contributed by atoms with E-state index in [1.54, 1.807) is 7.11 Å². The van der Waals surface area contributed by atoms with Crippen molar-refractivity contribution in [1.82, 2.24) is 0 Å². The second kappa shape index (κ2) is 5.14. The van der Waals surface area contributed by atoms with E-state index in [-0.39, 0.29) is 22.9 Å². The molecule has 2 nitrogen and oxygen atoms in total. The summed E-state index contributed by atoms with van der Waals surface area (Å²) in [6, 6.07) is 0. The van der Waals surface area contributed by atoms with Gasteiger partial charge in [-0.2, -0.15) is 0 Å². The highest BCUT2D eigenvalue weighted by atomic mass is 16.5. The van der Waals surface area contributed by atoms with Gasteiger partial charge >= 0.3 is 0 Å². The van der Waals surface area contributed by atoms with E-state index in [1.165, 1.54) is 23.1 Å². The molecule has 0 aromatic rings. The van der Waals surface area contributed by atoms with Gasteiger partial charge in [0.05, 0.1) is 12.0 Å². The van der Waals surface area contributed by atoms with Crippen LogP contribution >= 0.6 is 0 Å². The summed E-state index contributed by atoms with van der Waals surface area (Å²) in [6.45, 7) is 11.3. The van der Waals surface area contributed by atoms with Crippen molar-refractivity contribution in [3.8, 4) is 0 Å². The lowest BCUT2D eigenvalue weighted by molar-refractivity contribution is -0.113. The Labute approximate surface area is 123 Å². The predicted molar refractivity (Wildman–Crippen MR) is 82.5 cm³/mol. The maximum absolute atomic E-state index is 11.6. The molecule has 0 radical (unpaired) electrons. The molecule has 112 valence electrons. The molecule has 0 aromatic heterocycles. The summed E-state index contributed by atoms with van der Waals surface area (Å²) in [5, 5.41) is 0. The van der Waals surface area contributed by atoms with Crippen LogP contribution in [0.4, 0.5) is 0 Å². The Morgan fingerprint density at radius 3 is 2.35 bits per heavy atom. The van der Waals surface area contributed by atoms with Gasteiger partial charge in [-0.3, -0.25) is 0 Å². The first-order chi connectivity index (χ1) is 9.28. The summed E-state index contributed by atoms with van der Waals surface area (Å²) >= 11 is 0. The molecule has 2 atom stereocenters. The first-order valence-electron chi connectivity index (χ1n) is 7.72. The molecule has 0 aliphatic heterocycles. The third-order valence-electron chi connectivity index (χ3n) is 5.30. The van der Waals surface area contributed by atoms with Gasteiger partial charge in [0.15, 0.2) is 0 Å². The molecule has 2 rings (SSSR count). The first kappa shape index (κ1) is 15.5. The Bertz CT molecular complexity index is 466. The molecule has 0 saturated carbocycles. The number of ether oxygens (including phenoxy) is 1. The zero-order chi connectivity index (χ0) is 15.1. The lowest BCUT2D eigenvalue weighted by Crippen LogP contribution is -2.42. The maximum Gasteiger partial charge on any atom is 0.130 e. The molecule has 0 bridgehead atoms. The Balaban J connectivity index is 2.67. The van der Waals surface area contributed by atoms with E-state index in [1.807, 2.05) is 0 Å². The van der Waals surface area contributed by atoms with Crippen molar-refractivity contribution in [2.24, 2.45) is 16.7 Å². The van der Waals surface area contributed by atoms with Crippen molar-refractivity contribution in [2.45, 2.75) is 60.0 Å². The SMILES string of the molecule is CCC1=CC2=C(C(OC)C1C=O)C(C)(C)CCC2(C)C. The van der Waals surface area contributed by atoms with Crippen LogP contribution < -0.4 is 0 Å². The average molecular weight is 276 g/mol. The lowest BCUT2D eigenvalue weighted by atomic mass is 9.58. The topological polar surface area (TPSA) is 26.3 Å². The molecular weight excluding hydrogens is 248 g/mol. The molecule has 2 aliphatic carbocycles. The van der Waals surface area contributed by atoms with Crippen LogP contribution in [0.5, 0.6) is 0 Å². The van der Waals surface area contributed by atoms with Gasteiger partial charge in [0.1, 0.15) is 6.29 Å². The zero-order valence-electron chi connectivity index (χ0n) is 13.7. The van der Waals surface area contributed by atoms with Gasteiger partial charge < -0.3 is 9.53 Å². The van der Waals surface area contributed by atoms with Crippen molar-refractivity contribution < 1.29 is 9.53 Å². The van der Waals surface area contributed by atoms with Gasteiger partial charge in [-0.05, 0) is 41.2 Å². The highest BCUT2D eigenvalue weighted by Gasteiger charge is 2.46. The molecular formula is C18H28O2. The van der Waals surface area contributed by atoms with E-state index in [9.17, 15) is 4.79 Å². The summed E-state index contributed by atoms with van der Waals surface area (Å²) < 4.78 is 5.80. The Morgan fingerprint density at radius 2 is 1.85 bits per heavy atom. The van der Waals surface area contributed by atoms with E-state index in [0.29, 0.717) is 0 Å². The van der Waals surface area contributed by atoms with Crippen LogP contribution in [0.1, 0.15) is 53.9 Å². The number of aldehydes is 1. The summed E-state index contributed by atoms with van der Waals surface area (Å²) in [7, 11) is 1.74. The van der Waals surface area contributed by atoms with Crippen molar-refractivity contribution in [3.05, 3.63) is 22.8 Å². The van der Waals surface area contributed by atoms with Crippen molar-refractivity contribution in [2.75, 3.05) is 7.11 Å². The fourth-order valence-electron chi connectivity index (χ4n) is 3.85. The minimum Gasteiger partial charge on any atom is -0.376 e. The Morgan fingerprint density at radius 1 is 1.25 bits per heavy atom. The van der Waals surface area contributed by atoms with E-state index in [0.717, 1.165) is 19.1 Å². The lowest BCUT2D eigenvalue weighted by Gasteiger charge is -2.48. The molecule has 0 fully saturated rings. The number of carbonyl (C=O) groups excluding carboxylic acids is 1. The third kappa shape index (κ3) is 2.28. The van der Waals surface area contributed by atoms with Crippen molar-refractivity contribution in [1.29, 1.82) is 0 Å². The van der Waals surface area contributed by atoms with Gasteiger partial charge in [0.25, 0.3) is 0 Å². The number of methoxy groups -OCH3 is 1. The summed E-state index contributed by atoms with van der Waals surface area (Å²) in [6.07, 6.45) is 6.54. The highest BCUT2D eigenvalue weighted by molar-refractivity contribution is 5.65. The predicted octanol–water partition coefficient (Wildman–Crippen LogP) is 4.31. The second-order valence-corrected chi connectivity index (χ2v) is 7.49. The van der Waals surface area contributed by atoms with Crippen LogP contribution in [-0.4, -0.2) is 19.5 Å². The van der Waals surface area contributed by atoms with E-state index < -0.39 is 0 Å². The fourth-order valence-corrected chi connectivity index (χ4v) is 3.85. The van der Waals surface area contributed by atoms with E-state index in [4.69, 9.17) is 4.74 Å². The molecule has 2 unspecified atom stereocenters. The quantitative estimate of drug-likeness (QED) is 0.718. The molecule has 20 heavy (non-hydrogen) atoms. The second-order valence-electron chi connectivity index (χ2n) is 7.49. The first-order valence-corrected chi connectivity index (χ1v) is 7.72. The fraction of sp³-hybridized carbons (Fsp3) is 0.722.